The van der Waals surface area contributed by atoms with Crippen molar-refractivity contribution in [3.05, 3.63) is 233 Å². The average molecular weight is 796 g/mol. The average Bonchev–Trinajstić information content (AvgIpc) is 3.84. The van der Waals surface area contributed by atoms with Crippen LogP contribution in [0.3, 0.4) is 0 Å². The predicted molar refractivity (Wildman–Crippen MR) is 257 cm³/mol. The van der Waals surface area contributed by atoms with Crippen molar-refractivity contribution in [3.8, 4) is 5.69 Å². The van der Waals surface area contributed by atoms with Crippen LogP contribution in [0, 0.1) is 5.92 Å². The number of hydrogen-bond donors (Lipinski definition) is 1. The molecule has 62 heavy (non-hydrogen) atoms. The van der Waals surface area contributed by atoms with Crippen molar-refractivity contribution in [1.29, 1.82) is 0 Å². The number of amidine groups is 2. The quantitative estimate of drug-likeness (QED) is 0.185. The minimum absolute atomic E-state index is 0.278. The van der Waals surface area contributed by atoms with Crippen LogP contribution in [0.15, 0.2) is 204 Å². The van der Waals surface area contributed by atoms with Gasteiger partial charge in [0.15, 0.2) is 5.84 Å². The second kappa shape index (κ2) is 13.9. The van der Waals surface area contributed by atoms with Crippen molar-refractivity contribution in [1.82, 2.24) is 14.5 Å². The second-order valence-corrected chi connectivity index (χ2v) is 16.8. The first-order valence-electron chi connectivity index (χ1n) is 21.8. The molecule has 1 aliphatic heterocycles. The summed E-state index contributed by atoms with van der Waals surface area (Å²) in [5.41, 5.74) is 14.9. The first-order valence-corrected chi connectivity index (χ1v) is 21.8. The van der Waals surface area contributed by atoms with E-state index in [4.69, 9.17) is 9.98 Å². The maximum absolute atomic E-state index is 5.25. The Balaban J connectivity index is 1.03. The molecule has 0 saturated heterocycles. The largest absolute Gasteiger partial charge is 0.344 e. The molecule has 0 spiro atoms. The van der Waals surface area contributed by atoms with Crippen molar-refractivity contribution in [2.45, 2.75) is 25.4 Å². The van der Waals surface area contributed by atoms with E-state index in [1.54, 1.807) is 0 Å². The first kappa shape index (κ1) is 35.0. The smallest absolute Gasteiger partial charge is 0.159 e. The van der Waals surface area contributed by atoms with Crippen LogP contribution < -0.4 is 5.32 Å². The van der Waals surface area contributed by atoms with Gasteiger partial charge in [-0.25, -0.2) is 9.98 Å². The van der Waals surface area contributed by atoms with Crippen LogP contribution in [0.1, 0.15) is 51.8 Å². The molecule has 7 aromatic carbocycles. The summed E-state index contributed by atoms with van der Waals surface area (Å²) in [6, 6.07) is 56.9. The van der Waals surface area contributed by atoms with Gasteiger partial charge in [0.2, 0.25) is 0 Å². The van der Waals surface area contributed by atoms with Crippen molar-refractivity contribution in [2.24, 2.45) is 15.9 Å². The lowest BCUT2D eigenvalue weighted by Crippen LogP contribution is -2.33. The Morgan fingerprint density at radius 1 is 0.613 bits per heavy atom. The maximum Gasteiger partial charge on any atom is 0.159 e. The summed E-state index contributed by atoms with van der Waals surface area (Å²) in [5.74, 6) is 1.91. The lowest BCUT2D eigenvalue weighted by molar-refractivity contribution is 0.674. The van der Waals surface area contributed by atoms with E-state index in [1.807, 2.05) is 12.1 Å². The van der Waals surface area contributed by atoms with Crippen molar-refractivity contribution >= 4 is 66.8 Å². The number of rotatable bonds is 5. The number of nitrogens with zero attached hydrogens (tertiary/aromatic N) is 4. The molecule has 0 fully saturated rings. The van der Waals surface area contributed by atoms with Crippen LogP contribution in [0.4, 0.5) is 0 Å². The van der Waals surface area contributed by atoms with E-state index in [0.717, 1.165) is 53.0 Å². The van der Waals surface area contributed by atoms with Gasteiger partial charge in [-0.05, 0) is 83.0 Å². The van der Waals surface area contributed by atoms with Gasteiger partial charge in [-0.3, -0.25) is 0 Å². The zero-order valence-electron chi connectivity index (χ0n) is 34.0. The van der Waals surface area contributed by atoms with E-state index in [9.17, 15) is 0 Å². The Kier molecular flexibility index (Phi) is 7.86. The lowest BCUT2D eigenvalue weighted by Gasteiger charge is -2.26. The number of aromatic nitrogens is 2. The molecule has 5 heteroatoms. The molecule has 3 heterocycles. The molecule has 5 nitrogen and oxygen atoms in total. The third kappa shape index (κ3) is 5.41. The van der Waals surface area contributed by atoms with Gasteiger partial charge >= 0.3 is 0 Å². The van der Waals surface area contributed by atoms with Gasteiger partial charge in [0.25, 0.3) is 0 Å². The summed E-state index contributed by atoms with van der Waals surface area (Å²) >= 11 is 0. The van der Waals surface area contributed by atoms with Crippen LogP contribution >= 0.6 is 0 Å². The topological polar surface area (TPSA) is 46.6 Å². The van der Waals surface area contributed by atoms with Crippen molar-refractivity contribution in [2.75, 3.05) is 0 Å². The van der Waals surface area contributed by atoms with E-state index in [2.05, 4.69) is 196 Å². The number of allylic oxidation sites excluding steroid dienone is 6. The molecular weight excluding hydrogens is 755 g/mol. The molecule has 2 unspecified atom stereocenters. The molecule has 4 aliphatic rings. The van der Waals surface area contributed by atoms with Gasteiger partial charge in [-0.1, -0.05) is 158 Å². The van der Waals surface area contributed by atoms with Crippen LogP contribution in [-0.4, -0.2) is 20.8 Å². The molecule has 2 atom stereocenters. The molecular formula is C57H41N5. The number of benzene rings is 7. The van der Waals surface area contributed by atoms with Gasteiger partial charge in [0.05, 0.1) is 22.4 Å². The molecule has 2 aromatic heterocycles. The number of fused-ring (bicyclic) bond motifs is 9. The minimum atomic E-state index is -0.278. The number of hydrogen-bond acceptors (Lipinski definition) is 3. The van der Waals surface area contributed by atoms with E-state index < -0.39 is 0 Å². The van der Waals surface area contributed by atoms with Crippen LogP contribution in [0.2, 0.25) is 0 Å². The maximum atomic E-state index is 5.25. The second-order valence-electron chi connectivity index (χ2n) is 16.8. The first-order chi connectivity index (χ1) is 30.7. The molecule has 294 valence electrons. The summed E-state index contributed by atoms with van der Waals surface area (Å²) in [6.07, 6.45) is 16.6. The van der Waals surface area contributed by atoms with Gasteiger partial charge < -0.3 is 14.5 Å². The molecule has 13 rings (SSSR count). The molecule has 1 N–H and O–H groups in total. The number of nitrogens with one attached hydrogen (secondary N) is 1. The van der Waals surface area contributed by atoms with E-state index in [1.165, 1.54) is 77.4 Å². The van der Waals surface area contributed by atoms with E-state index in [0.29, 0.717) is 5.92 Å². The Bertz CT molecular complexity index is 3520. The van der Waals surface area contributed by atoms with Crippen LogP contribution in [0.25, 0.3) is 60.8 Å². The van der Waals surface area contributed by atoms with Gasteiger partial charge in [-0.15, -0.1) is 0 Å². The van der Waals surface area contributed by atoms with E-state index in [-0.39, 0.29) is 6.17 Å². The summed E-state index contributed by atoms with van der Waals surface area (Å²) in [6.45, 7) is 0. The van der Waals surface area contributed by atoms with Gasteiger partial charge in [0, 0.05) is 55.7 Å². The van der Waals surface area contributed by atoms with Gasteiger partial charge in [0.1, 0.15) is 12.0 Å². The monoisotopic (exact) mass is 795 g/mol. The number of para-hydroxylation sites is 1. The zero-order chi connectivity index (χ0) is 40.7. The van der Waals surface area contributed by atoms with Crippen molar-refractivity contribution in [3.63, 3.8) is 0 Å². The molecule has 9 aromatic rings. The Morgan fingerprint density at radius 3 is 2.21 bits per heavy atom. The number of aliphatic imine (C=N–C) groups is 2. The molecule has 0 bridgehead atoms. The predicted octanol–water partition coefficient (Wildman–Crippen LogP) is 12.9. The normalized spacial score (nSPS) is 17.9. The van der Waals surface area contributed by atoms with E-state index >= 15 is 0 Å². The fourth-order valence-corrected chi connectivity index (χ4v) is 10.5. The summed E-state index contributed by atoms with van der Waals surface area (Å²) in [7, 11) is 0. The summed E-state index contributed by atoms with van der Waals surface area (Å²) < 4.78 is 5.20. The Hall–Kier alpha value is -7.76. The van der Waals surface area contributed by atoms with Crippen molar-refractivity contribution < 1.29 is 0 Å². The fourth-order valence-electron chi connectivity index (χ4n) is 10.5. The molecule has 0 saturated carbocycles. The minimum Gasteiger partial charge on any atom is -0.344 e. The summed E-state index contributed by atoms with van der Waals surface area (Å²) in [4.78, 5) is 10.4. The molecule has 0 amide bonds. The Labute approximate surface area is 359 Å². The third-order valence-electron chi connectivity index (χ3n) is 13.3. The highest BCUT2D eigenvalue weighted by Gasteiger charge is 2.32. The highest BCUT2D eigenvalue weighted by molar-refractivity contribution is 6.18. The fraction of sp³-hybridized carbons (Fsp3) is 0.0877. The van der Waals surface area contributed by atoms with Crippen LogP contribution in [-0.2, 0) is 12.8 Å². The lowest BCUT2D eigenvalue weighted by atomic mass is 9.83. The SMILES string of the molecule is C1=CC2=Cc3c(n(C4=CCCc5c4c4cc6ccccc6cc4n5-c4ccc(C5=NC(c6ccccc6)=NC(c6ccccc6)N5)c5ccccc45)c4ccccc34)CC2C=C1. The Morgan fingerprint density at radius 2 is 1.35 bits per heavy atom. The highest BCUT2D eigenvalue weighted by atomic mass is 15.2. The van der Waals surface area contributed by atoms with Gasteiger partial charge in [-0.2, -0.15) is 0 Å². The molecule has 0 radical (unpaired) electrons. The van der Waals surface area contributed by atoms with Crippen LogP contribution in [0.5, 0.6) is 0 Å². The highest BCUT2D eigenvalue weighted by Crippen LogP contribution is 2.46. The third-order valence-corrected chi connectivity index (χ3v) is 13.3. The zero-order valence-corrected chi connectivity index (χ0v) is 34.0. The molecule has 3 aliphatic carbocycles. The standard InChI is InChI=1S/C57H41N5/c1-3-16-36(17-4-1)55-58-56(37-18-5-2-6-19-37)60-57(59-55)45-30-31-49(43-25-12-11-24-42(43)45)62-51-29-15-28-50(54(51)47-33-39-21-8-10-23-41(39)35-53(47)62)61-48-27-14-13-26-44(48)46-32-38-20-7-9-22-40(38)34-52(46)61/h1-14,16-28,30-33,35,40,55H,15,29,34H2,(H,58,59,60). The summed E-state index contributed by atoms with van der Waals surface area (Å²) in [5, 5.41) is 11.1.